The predicted molar refractivity (Wildman–Crippen MR) is 75.4 cm³/mol. The van der Waals surface area contributed by atoms with Crippen molar-refractivity contribution in [2.75, 3.05) is 6.26 Å². The summed E-state index contributed by atoms with van der Waals surface area (Å²) in [5, 5.41) is 12.1. The number of rotatable bonds is 6. The van der Waals surface area contributed by atoms with Crippen molar-refractivity contribution in [1.82, 2.24) is 5.32 Å². The Hall–Kier alpha value is -1.38. The van der Waals surface area contributed by atoms with Crippen LogP contribution >= 0.6 is 0 Å². The summed E-state index contributed by atoms with van der Waals surface area (Å²) < 4.78 is 22.7. The maximum absolute atomic E-state index is 11.4. The van der Waals surface area contributed by atoms with Gasteiger partial charge in [-0.15, -0.1) is 0 Å². The molecule has 2 atom stereocenters. The Morgan fingerprint density at radius 1 is 1.32 bits per heavy atom. The van der Waals surface area contributed by atoms with Gasteiger partial charge >= 0.3 is 0 Å². The maximum atomic E-state index is 11.4. The first-order valence-corrected chi connectivity index (χ1v) is 8.20. The third-order valence-electron chi connectivity index (χ3n) is 3.12. The third kappa shape index (κ3) is 4.66. The first kappa shape index (κ1) is 15.7. The number of sulfone groups is 1. The van der Waals surface area contributed by atoms with E-state index >= 15 is 0 Å². The summed E-state index contributed by atoms with van der Waals surface area (Å²) in [5.74, 6) is 0. The fraction of sp³-hybridized carbons (Fsp3) is 0.500. The molecule has 104 valence electrons. The van der Waals surface area contributed by atoms with Gasteiger partial charge in [0.05, 0.1) is 17.4 Å². The van der Waals surface area contributed by atoms with Gasteiger partial charge in [-0.1, -0.05) is 19.1 Å². The molecule has 1 rings (SSSR count). The van der Waals surface area contributed by atoms with E-state index in [-0.39, 0.29) is 12.1 Å². The van der Waals surface area contributed by atoms with Gasteiger partial charge in [-0.25, -0.2) is 8.42 Å². The van der Waals surface area contributed by atoms with E-state index < -0.39 is 9.84 Å². The Balaban J connectivity index is 2.78. The van der Waals surface area contributed by atoms with E-state index in [1.165, 1.54) is 6.26 Å². The van der Waals surface area contributed by atoms with Gasteiger partial charge in [-0.2, -0.15) is 5.26 Å². The molecule has 19 heavy (non-hydrogen) atoms. The monoisotopic (exact) mass is 280 g/mol. The molecule has 0 fully saturated rings. The quantitative estimate of drug-likeness (QED) is 0.869. The SMILES string of the molecule is CCC(CC#N)NC(C)c1ccc(S(C)(=O)=O)cc1. The van der Waals surface area contributed by atoms with Crippen LogP contribution in [0.5, 0.6) is 0 Å². The van der Waals surface area contributed by atoms with Gasteiger partial charge in [0.1, 0.15) is 0 Å². The van der Waals surface area contributed by atoms with Gasteiger partial charge in [0.25, 0.3) is 0 Å². The summed E-state index contributed by atoms with van der Waals surface area (Å²) >= 11 is 0. The Morgan fingerprint density at radius 2 is 1.89 bits per heavy atom. The molecule has 0 aliphatic carbocycles. The van der Waals surface area contributed by atoms with Crippen LogP contribution in [0.15, 0.2) is 29.2 Å². The minimum Gasteiger partial charge on any atom is -0.306 e. The van der Waals surface area contributed by atoms with Crippen molar-refractivity contribution < 1.29 is 8.42 Å². The summed E-state index contributed by atoms with van der Waals surface area (Å²) in [5.41, 5.74) is 1.02. The van der Waals surface area contributed by atoms with Crippen LogP contribution in [-0.2, 0) is 9.84 Å². The van der Waals surface area contributed by atoms with Crippen LogP contribution in [0.1, 0.15) is 38.3 Å². The zero-order valence-corrected chi connectivity index (χ0v) is 12.4. The zero-order chi connectivity index (χ0) is 14.5. The number of nitrogens with one attached hydrogen (secondary N) is 1. The van der Waals surface area contributed by atoms with Gasteiger partial charge in [0.2, 0.25) is 0 Å². The number of hydrogen-bond acceptors (Lipinski definition) is 4. The molecule has 0 heterocycles. The summed E-state index contributed by atoms with van der Waals surface area (Å²) in [6.45, 7) is 4.05. The first-order chi connectivity index (χ1) is 8.88. The highest BCUT2D eigenvalue weighted by atomic mass is 32.2. The topological polar surface area (TPSA) is 70.0 Å². The van der Waals surface area contributed by atoms with Crippen molar-refractivity contribution in [3.63, 3.8) is 0 Å². The summed E-state index contributed by atoms with van der Waals surface area (Å²) in [6, 6.07) is 9.28. The second kappa shape index (κ2) is 6.69. The standard InChI is InChI=1S/C14H20N2O2S/c1-4-13(9-10-15)16-11(2)12-5-7-14(8-6-12)19(3,17)18/h5-8,11,13,16H,4,9H2,1-3H3. The molecule has 2 unspecified atom stereocenters. The molecule has 0 aliphatic rings. The minimum absolute atomic E-state index is 0.0897. The Labute approximate surface area is 115 Å². The van der Waals surface area contributed by atoms with Crippen molar-refractivity contribution >= 4 is 9.84 Å². The molecule has 0 aromatic heterocycles. The normalized spacial score (nSPS) is 14.6. The summed E-state index contributed by atoms with van der Waals surface area (Å²) in [6.07, 6.45) is 2.56. The van der Waals surface area contributed by atoms with E-state index in [1.807, 2.05) is 26.0 Å². The molecule has 1 aromatic rings. The minimum atomic E-state index is -3.15. The van der Waals surface area contributed by atoms with Crippen LogP contribution in [0, 0.1) is 11.3 Å². The highest BCUT2D eigenvalue weighted by molar-refractivity contribution is 7.90. The highest BCUT2D eigenvalue weighted by Gasteiger charge is 2.13. The van der Waals surface area contributed by atoms with Gasteiger partial charge in [0, 0.05) is 18.3 Å². The van der Waals surface area contributed by atoms with Gasteiger partial charge in [-0.3, -0.25) is 0 Å². The molecule has 0 radical (unpaired) electrons. The molecule has 0 saturated carbocycles. The van der Waals surface area contributed by atoms with Crippen LogP contribution in [0.2, 0.25) is 0 Å². The highest BCUT2D eigenvalue weighted by Crippen LogP contribution is 2.17. The van der Waals surface area contributed by atoms with Crippen molar-refractivity contribution in [2.45, 2.75) is 43.7 Å². The van der Waals surface area contributed by atoms with Crippen LogP contribution in [0.4, 0.5) is 0 Å². The lowest BCUT2D eigenvalue weighted by Gasteiger charge is -2.20. The van der Waals surface area contributed by atoms with Crippen molar-refractivity contribution in [1.29, 1.82) is 5.26 Å². The van der Waals surface area contributed by atoms with Gasteiger partial charge in [-0.05, 0) is 31.0 Å². The van der Waals surface area contributed by atoms with Crippen molar-refractivity contribution in [3.05, 3.63) is 29.8 Å². The van der Waals surface area contributed by atoms with Crippen molar-refractivity contribution in [2.24, 2.45) is 0 Å². The molecular weight excluding hydrogens is 260 g/mol. The van der Waals surface area contributed by atoms with E-state index in [1.54, 1.807) is 12.1 Å². The molecule has 0 saturated heterocycles. The lowest BCUT2D eigenvalue weighted by molar-refractivity contribution is 0.448. The van der Waals surface area contributed by atoms with E-state index in [2.05, 4.69) is 11.4 Å². The smallest absolute Gasteiger partial charge is 0.175 e. The lowest BCUT2D eigenvalue weighted by atomic mass is 10.1. The fourth-order valence-corrected chi connectivity index (χ4v) is 2.52. The Bertz CT molecular complexity index is 544. The van der Waals surface area contributed by atoms with Crippen LogP contribution in [0.3, 0.4) is 0 Å². The Kier molecular flexibility index (Phi) is 5.52. The maximum Gasteiger partial charge on any atom is 0.175 e. The molecule has 0 amide bonds. The van der Waals surface area contributed by atoms with Crippen LogP contribution in [-0.4, -0.2) is 20.7 Å². The van der Waals surface area contributed by atoms with E-state index in [0.717, 1.165) is 12.0 Å². The molecule has 0 bridgehead atoms. The third-order valence-corrected chi connectivity index (χ3v) is 4.25. The Morgan fingerprint density at radius 3 is 2.32 bits per heavy atom. The average molecular weight is 280 g/mol. The molecule has 1 aromatic carbocycles. The second-order valence-corrected chi connectivity index (χ2v) is 6.71. The van der Waals surface area contributed by atoms with E-state index in [0.29, 0.717) is 11.3 Å². The number of hydrogen-bond donors (Lipinski definition) is 1. The molecule has 1 N–H and O–H groups in total. The van der Waals surface area contributed by atoms with Crippen LogP contribution < -0.4 is 5.32 Å². The number of nitrogens with zero attached hydrogens (tertiary/aromatic N) is 1. The second-order valence-electron chi connectivity index (χ2n) is 4.70. The van der Waals surface area contributed by atoms with E-state index in [4.69, 9.17) is 5.26 Å². The van der Waals surface area contributed by atoms with Gasteiger partial charge < -0.3 is 5.32 Å². The molecule has 0 aliphatic heterocycles. The number of nitriles is 1. The zero-order valence-electron chi connectivity index (χ0n) is 11.6. The van der Waals surface area contributed by atoms with Crippen molar-refractivity contribution in [3.8, 4) is 6.07 Å². The first-order valence-electron chi connectivity index (χ1n) is 6.31. The van der Waals surface area contributed by atoms with Gasteiger partial charge in [0.15, 0.2) is 9.84 Å². The molecule has 4 nitrogen and oxygen atoms in total. The summed E-state index contributed by atoms with van der Waals surface area (Å²) in [7, 11) is -3.15. The molecular formula is C14H20N2O2S. The molecule has 5 heteroatoms. The lowest BCUT2D eigenvalue weighted by Crippen LogP contribution is -2.30. The van der Waals surface area contributed by atoms with E-state index in [9.17, 15) is 8.42 Å². The largest absolute Gasteiger partial charge is 0.306 e. The average Bonchev–Trinajstić information content (AvgIpc) is 2.37. The fourth-order valence-electron chi connectivity index (χ4n) is 1.88. The van der Waals surface area contributed by atoms with Crippen LogP contribution in [0.25, 0.3) is 0 Å². The summed E-state index contributed by atoms with van der Waals surface area (Å²) in [4.78, 5) is 0.326. The predicted octanol–water partition coefficient (Wildman–Crippen LogP) is 2.43. The molecule has 0 spiro atoms. The number of benzene rings is 1.